The lowest BCUT2D eigenvalue weighted by atomic mass is 10.2. The van der Waals surface area contributed by atoms with Crippen molar-refractivity contribution in [1.29, 1.82) is 0 Å². The molecule has 2 N–H and O–H groups in total. The fourth-order valence-corrected chi connectivity index (χ4v) is 2.03. The Morgan fingerprint density at radius 2 is 2.12 bits per heavy atom. The molecule has 0 spiro atoms. The van der Waals surface area contributed by atoms with Crippen LogP contribution in [-0.4, -0.2) is 16.1 Å². The largest absolute Gasteiger partial charge is 0.330 e. The zero-order valence-electron chi connectivity index (χ0n) is 8.99. The van der Waals surface area contributed by atoms with Crippen LogP contribution in [0.1, 0.15) is 6.42 Å². The molecule has 90 valence electrons. The average Bonchev–Trinajstić information content (AvgIpc) is 2.30. The molecule has 0 saturated carbocycles. The molecule has 0 aliphatic rings. The summed E-state index contributed by atoms with van der Waals surface area (Å²) in [5.74, 6) is 0. The lowest BCUT2D eigenvalue weighted by Crippen LogP contribution is -2.23. The monoisotopic (exact) mass is 271 g/mol. The lowest BCUT2D eigenvalue weighted by Gasteiger charge is -2.08. The summed E-state index contributed by atoms with van der Waals surface area (Å²) in [7, 11) is 0. The molecule has 17 heavy (non-hydrogen) atoms. The van der Waals surface area contributed by atoms with Gasteiger partial charge in [0.1, 0.15) is 0 Å². The minimum Gasteiger partial charge on any atom is -0.330 e. The number of aromatic nitrogens is 2. The smallest absolute Gasteiger partial charge is 0.262 e. The minimum absolute atomic E-state index is 0.179. The number of rotatable bonds is 3. The maximum atomic E-state index is 12.1. The van der Waals surface area contributed by atoms with E-state index in [1.165, 1.54) is 4.57 Å². The first-order chi connectivity index (χ1) is 8.13. The van der Waals surface area contributed by atoms with Gasteiger partial charge in [-0.05, 0) is 42.8 Å². The average molecular weight is 272 g/mol. The molecule has 6 heteroatoms. The van der Waals surface area contributed by atoms with Gasteiger partial charge >= 0.3 is 0 Å². The van der Waals surface area contributed by atoms with Crippen LogP contribution in [-0.2, 0) is 6.54 Å². The number of halogens is 2. The number of hydrogen-bond acceptors (Lipinski definition) is 3. The second-order valence-corrected chi connectivity index (χ2v) is 4.42. The Morgan fingerprint density at radius 3 is 2.82 bits per heavy atom. The quantitative estimate of drug-likeness (QED) is 0.870. The number of hydrogen-bond donors (Lipinski definition) is 1. The van der Waals surface area contributed by atoms with E-state index in [1.54, 1.807) is 18.2 Å². The summed E-state index contributed by atoms with van der Waals surface area (Å²) in [6, 6.07) is 4.95. The van der Waals surface area contributed by atoms with E-state index < -0.39 is 0 Å². The Hall–Kier alpha value is -1.10. The summed E-state index contributed by atoms with van der Waals surface area (Å²) < 4.78 is 1.41. The Balaban J connectivity index is 2.65. The van der Waals surface area contributed by atoms with Crippen LogP contribution in [0.15, 0.2) is 23.0 Å². The van der Waals surface area contributed by atoms with E-state index in [4.69, 9.17) is 28.9 Å². The highest BCUT2D eigenvalue weighted by molar-refractivity contribution is 6.31. The van der Waals surface area contributed by atoms with Gasteiger partial charge in [0, 0.05) is 11.6 Å². The third-order valence-electron chi connectivity index (χ3n) is 2.46. The first kappa shape index (κ1) is 12.4. The Labute approximate surface area is 108 Å². The van der Waals surface area contributed by atoms with Crippen molar-refractivity contribution in [1.82, 2.24) is 9.55 Å². The highest BCUT2D eigenvalue weighted by atomic mass is 35.5. The Morgan fingerprint density at radius 1 is 1.35 bits per heavy atom. The predicted molar refractivity (Wildman–Crippen MR) is 69.7 cm³/mol. The fourth-order valence-electron chi connectivity index (χ4n) is 1.61. The standard InChI is InChI=1S/C11H11Cl2N3O/c12-7-2-3-9-8(6-7)10(17)16(5-1-4-14)11(13)15-9/h2-3,6H,1,4-5,14H2. The number of nitrogens with zero attached hydrogens (tertiary/aromatic N) is 2. The molecule has 1 aromatic carbocycles. The second-order valence-electron chi connectivity index (χ2n) is 3.64. The zero-order chi connectivity index (χ0) is 12.4. The van der Waals surface area contributed by atoms with E-state index in [-0.39, 0.29) is 10.8 Å². The molecule has 0 bridgehead atoms. The number of nitrogens with two attached hydrogens (primary N) is 1. The number of benzene rings is 1. The van der Waals surface area contributed by atoms with Crippen LogP contribution in [0, 0.1) is 0 Å². The molecule has 0 fully saturated rings. The summed E-state index contributed by atoms with van der Waals surface area (Å²) in [4.78, 5) is 16.3. The van der Waals surface area contributed by atoms with E-state index in [0.29, 0.717) is 35.4 Å². The molecule has 0 saturated heterocycles. The van der Waals surface area contributed by atoms with Crippen molar-refractivity contribution in [2.75, 3.05) is 6.54 Å². The fraction of sp³-hybridized carbons (Fsp3) is 0.273. The van der Waals surface area contributed by atoms with Crippen molar-refractivity contribution in [3.05, 3.63) is 38.9 Å². The molecular weight excluding hydrogens is 261 g/mol. The third kappa shape index (κ3) is 2.44. The van der Waals surface area contributed by atoms with E-state index in [9.17, 15) is 4.79 Å². The SMILES string of the molecule is NCCCn1c(Cl)nc2ccc(Cl)cc2c1=O. The van der Waals surface area contributed by atoms with Gasteiger partial charge in [0.25, 0.3) is 5.56 Å². The topological polar surface area (TPSA) is 60.9 Å². The maximum absolute atomic E-state index is 12.1. The Bertz CT molecular complexity index is 609. The normalized spacial score (nSPS) is 11.0. The van der Waals surface area contributed by atoms with E-state index in [2.05, 4.69) is 4.98 Å². The maximum Gasteiger partial charge on any atom is 0.262 e. The van der Waals surface area contributed by atoms with Gasteiger partial charge < -0.3 is 5.73 Å². The van der Waals surface area contributed by atoms with Gasteiger partial charge in [0.2, 0.25) is 5.28 Å². The van der Waals surface area contributed by atoms with Crippen LogP contribution in [0.3, 0.4) is 0 Å². The van der Waals surface area contributed by atoms with Gasteiger partial charge in [-0.25, -0.2) is 4.98 Å². The van der Waals surface area contributed by atoms with Crippen molar-refractivity contribution < 1.29 is 0 Å². The van der Waals surface area contributed by atoms with Crippen LogP contribution in [0.2, 0.25) is 10.3 Å². The highest BCUT2D eigenvalue weighted by Gasteiger charge is 2.09. The van der Waals surface area contributed by atoms with Crippen LogP contribution in [0.4, 0.5) is 0 Å². The lowest BCUT2D eigenvalue weighted by molar-refractivity contribution is 0.625. The van der Waals surface area contributed by atoms with Crippen LogP contribution < -0.4 is 11.3 Å². The summed E-state index contributed by atoms with van der Waals surface area (Å²) >= 11 is 11.8. The van der Waals surface area contributed by atoms with Gasteiger partial charge in [-0.2, -0.15) is 0 Å². The molecule has 0 aliphatic heterocycles. The summed E-state index contributed by atoms with van der Waals surface area (Å²) in [5.41, 5.74) is 5.78. The molecule has 2 aromatic rings. The molecule has 0 radical (unpaired) electrons. The van der Waals surface area contributed by atoms with Gasteiger partial charge in [-0.1, -0.05) is 11.6 Å². The first-order valence-corrected chi connectivity index (χ1v) is 5.94. The molecule has 2 rings (SSSR count). The van der Waals surface area contributed by atoms with Gasteiger partial charge in [0.05, 0.1) is 10.9 Å². The molecule has 0 atom stereocenters. The van der Waals surface area contributed by atoms with E-state index in [0.717, 1.165) is 0 Å². The molecule has 1 heterocycles. The van der Waals surface area contributed by atoms with Crippen molar-refractivity contribution in [2.24, 2.45) is 5.73 Å². The molecular formula is C11H11Cl2N3O. The third-order valence-corrected chi connectivity index (χ3v) is 2.98. The highest BCUT2D eigenvalue weighted by Crippen LogP contribution is 2.16. The summed E-state index contributed by atoms with van der Waals surface area (Å²) in [6.45, 7) is 0.958. The van der Waals surface area contributed by atoms with Crippen molar-refractivity contribution in [2.45, 2.75) is 13.0 Å². The van der Waals surface area contributed by atoms with Crippen LogP contribution in [0.5, 0.6) is 0 Å². The van der Waals surface area contributed by atoms with Crippen LogP contribution in [0.25, 0.3) is 10.9 Å². The van der Waals surface area contributed by atoms with E-state index >= 15 is 0 Å². The first-order valence-electron chi connectivity index (χ1n) is 5.19. The molecule has 0 aliphatic carbocycles. The van der Waals surface area contributed by atoms with Gasteiger partial charge in [-0.15, -0.1) is 0 Å². The van der Waals surface area contributed by atoms with E-state index in [1.807, 2.05) is 0 Å². The summed E-state index contributed by atoms with van der Waals surface area (Å²) in [6.07, 6.45) is 0.674. The minimum atomic E-state index is -0.184. The molecule has 0 amide bonds. The molecule has 1 aromatic heterocycles. The van der Waals surface area contributed by atoms with Gasteiger partial charge in [0.15, 0.2) is 0 Å². The predicted octanol–water partition coefficient (Wildman–Crippen LogP) is 2.05. The molecule has 0 unspecified atom stereocenters. The summed E-state index contributed by atoms with van der Waals surface area (Å²) in [5, 5.41) is 1.15. The van der Waals surface area contributed by atoms with Crippen LogP contribution >= 0.6 is 23.2 Å². The van der Waals surface area contributed by atoms with Crippen molar-refractivity contribution in [3.8, 4) is 0 Å². The zero-order valence-corrected chi connectivity index (χ0v) is 10.5. The van der Waals surface area contributed by atoms with Gasteiger partial charge in [-0.3, -0.25) is 9.36 Å². The Kier molecular flexibility index (Phi) is 3.66. The van der Waals surface area contributed by atoms with Crippen molar-refractivity contribution in [3.63, 3.8) is 0 Å². The molecule has 4 nitrogen and oxygen atoms in total. The second kappa shape index (κ2) is 5.04. The van der Waals surface area contributed by atoms with Crippen molar-refractivity contribution >= 4 is 34.1 Å². The number of fused-ring (bicyclic) bond motifs is 1.